The number of rotatable bonds is 4. The molecule has 6 heteroatoms. The lowest BCUT2D eigenvalue weighted by molar-refractivity contribution is -0.384. The minimum atomic E-state index is -0.436. The Kier molecular flexibility index (Phi) is 4.16. The number of nitrogens with two attached hydrogens (primary N) is 1. The van der Waals surface area contributed by atoms with E-state index in [4.69, 9.17) is 17.3 Å². The van der Waals surface area contributed by atoms with Crippen LogP contribution in [-0.4, -0.2) is 29.0 Å². The van der Waals surface area contributed by atoms with Crippen LogP contribution in [0.4, 0.5) is 5.69 Å². The predicted octanol–water partition coefficient (Wildman–Crippen LogP) is 2.17. The third-order valence-corrected chi connectivity index (χ3v) is 3.74. The number of nitrogens with zero attached hydrogens (tertiary/aromatic N) is 2. The summed E-state index contributed by atoms with van der Waals surface area (Å²) in [6.45, 7) is 2.36. The van der Waals surface area contributed by atoms with Crippen molar-refractivity contribution in [1.29, 1.82) is 0 Å². The van der Waals surface area contributed by atoms with Gasteiger partial charge in [-0.1, -0.05) is 11.6 Å². The summed E-state index contributed by atoms with van der Waals surface area (Å²) in [5.74, 6) is 0. The second-order valence-electron chi connectivity index (χ2n) is 4.54. The van der Waals surface area contributed by atoms with E-state index in [1.54, 1.807) is 6.07 Å². The number of nitro benzene ring substituents is 1. The van der Waals surface area contributed by atoms with Crippen molar-refractivity contribution in [2.45, 2.75) is 25.4 Å². The average molecular weight is 270 g/mol. The van der Waals surface area contributed by atoms with Gasteiger partial charge in [0.15, 0.2) is 0 Å². The Morgan fingerprint density at radius 1 is 1.56 bits per heavy atom. The van der Waals surface area contributed by atoms with Crippen LogP contribution in [0.15, 0.2) is 18.2 Å². The maximum absolute atomic E-state index is 10.6. The first-order valence-corrected chi connectivity index (χ1v) is 6.36. The van der Waals surface area contributed by atoms with Crippen molar-refractivity contribution in [1.82, 2.24) is 4.90 Å². The molecule has 2 N–H and O–H groups in total. The van der Waals surface area contributed by atoms with Crippen molar-refractivity contribution in [2.24, 2.45) is 5.73 Å². The van der Waals surface area contributed by atoms with Gasteiger partial charge in [0, 0.05) is 31.3 Å². The maximum Gasteiger partial charge on any atom is 0.270 e. The van der Waals surface area contributed by atoms with Gasteiger partial charge in [-0.05, 0) is 31.0 Å². The molecular formula is C12H16ClN3O2. The second kappa shape index (κ2) is 5.65. The zero-order valence-corrected chi connectivity index (χ0v) is 10.8. The third kappa shape index (κ3) is 2.80. The minimum absolute atomic E-state index is 0.0283. The molecule has 0 aromatic heterocycles. The topological polar surface area (TPSA) is 72.4 Å². The molecule has 98 valence electrons. The minimum Gasteiger partial charge on any atom is -0.329 e. The van der Waals surface area contributed by atoms with E-state index in [2.05, 4.69) is 4.90 Å². The Morgan fingerprint density at radius 2 is 2.33 bits per heavy atom. The van der Waals surface area contributed by atoms with Gasteiger partial charge in [0.1, 0.15) is 0 Å². The number of nitro groups is 1. The van der Waals surface area contributed by atoms with E-state index >= 15 is 0 Å². The second-order valence-corrected chi connectivity index (χ2v) is 4.94. The maximum atomic E-state index is 10.6. The van der Waals surface area contributed by atoms with Crippen LogP contribution in [0.2, 0.25) is 5.02 Å². The predicted molar refractivity (Wildman–Crippen MR) is 70.6 cm³/mol. The molecule has 0 saturated carbocycles. The molecule has 0 bridgehead atoms. The Balaban J connectivity index is 2.12. The molecule has 1 aromatic rings. The molecule has 0 radical (unpaired) electrons. The molecule has 1 fully saturated rings. The van der Waals surface area contributed by atoms with Crippen LogP contribution in [0.1, 0.15) is 18.4 Å². The summed E-state index contributed by atoms with van der Waals surface area (Å²) in [5, 5.41) is 11.1. The molecule has 1 aromatic carbocycles. The quantitative estimate of drug-likeness (QED) is 0.672. The average Bonchev–Trinajstić information content (AvgIpc) is 2.78. The van der Waals surface area contributed by atoms with Gasteiger partial charge < -0.3 is 5.73 Å². The van der Waals surface area contributed by atoms with Gasteiger partial charge >= 0.3 is 0 Å². The molecule has 1 aliphatic heterocycles. The Labute approximate surface area is 111 Å². The lowest BCUT2D eigenvalue weighted by Crippen LogP contribution is -2.34. The van der Waals surface area contributed by atoms with Crippen LogP contribution in [0.3, 0.4) is 0 Å². The fraction of sp³-hybridized carbons (Fsp3) is 0.500. The lowest BCUT2D eigenvalue weighted by atomic mass is 10.1. The number of hydrogen-bond acceptors (Lipinski definition) is 4. The molecule has 0 aliphatic carbocycles. The summed E-state index contributed by atoms with van der Waals surface area (Å²) in [5.41, 5.74) is 6.66. The summed E-state index contributed by atoms with van der Waals surface area (Å²) >= 11 is 6.08. The molecule has 1 atom stereocenters. The fourth-order valence-corrected chi connectivity index (χ4v) is 2.60. The normalized spacial score (nSPS) is 20.2. The van der Waals surface area contributed by atoms with Gasteiger partial charge in [0.2, 0.25) is 0 Å². The van der Waals surface area contributed by atoms with Crippen LogP contribution in [-0.2, 0) is 6.54 Å². The van der Waals surface area contributed by atoms with E-state index < -0.39 is 4.92 Å². The van der Waals surface area contributed by atoms with Crippen LogP contribution in [0, 0.1) is 10.1 Å². The number of hydrogen-bond donors (Lipinski definition) is 1. The van der Waals surface area contributed by atoms with Crippen LogP contribution >= 0.6 is 11.6 Å². The number of non-ortho nitro benzene ring substituents is 1. The summed E-state index contributed by atoms with van der Waals surface area (Å²) in [4.78, 5) is 12.5. The molecule has 1 unspecified atom stereocenters. The molecule has 1 aliphatic rings. The van der Waals surface area contributed by atoms with Crippen molar-refractivity contribution in [3.8, 4) is 0 Å². The van der Waals surface area contributed by atoms with Gasteiger partial charge in [-0.2, -0.15) is 0 Å². The highest BCUT2D eigenvalue weighted by Gasteiger charge is 2.23. The zero-order valence-electron chi connectivity index (χ0n) is 10.0. The smallest absolute Gasteiger partial charge is 0.270 e. The van der Waals surface area contributed by atoms with Gasteiger partial charge in [-0.15, -0.1) is 0 Å². The van der Waals surface area contributed by atoms with Crippen molar-refractivity contribution < 1.29 is 4.92 Å². The first kappa shape index (κ1) is 13.3. The molecule has 18 heavy (non-hydrogen) atoms. The first-order chi connectivity index (χ1) is 8.61. The molecular weight excluding hydrogens is 254 g/mol. The van der Waals surface area contributed by atoms with Crippen molar-refractivity contribution in [3.63, 3.8) is 0 Å². The van der Waals surface area contributed by atoms with E-state index in [0.29, 0.717) is 24.2 Å². The Bertz CT molecular complexity index is 453. The van der Waals surface area contributed by atoms with Gasteiger partial charge in [-0.3, -0.25) is 15.0 Å². The van der Waals surface area contributed by atoms with E-state index in [0.717, 1.165) is 24.9 Å². The fourth-order valence-electron chi connectivity index (χ4n) is 2.37. The van der Waals surface area contributed by atoms with Crippen LogP contribution in [0.25, 0.3) is 0 Å². The SMILES string of the molecule is NCC1CCCN1Cc1ccc([N+](=O)[O-])cc1Cl. The molecule has 5 nitrogen and oxygen atoms in total. The van der Waals surface area contributed by atoms with Crippen molar-refractivity contribution in [3.05, 3.63) is 38.9 Å². The van der Waals surface area contributed by atoms with E-state index in [9.17, 15) is 10.1 Å². The van der Waals surface area contributed by atoms with E-state index in [1.165, 1.54) is 12.1 Å². The molecule has 2 rings (SSSR count). The molecule has 1 heterocycles. The molecule has 0 amide bonds. The third-order valence-electron chi connectivity index (χ3n) is 3.39. The number of halogens is 1. The summed E-state index contributed by atoms with van der Waals surface area (Å²) in [6, 6.07) is 5.03. The van der Waals surface area contributed by atoms with Crippen molar-refractivity contribution in [2.75, 3.05) is 13.1 Å². The first-order valence-electron chi connectivity index (χ1n) is 5.98. The standard InChI is InChI=1S/C12H16ClN3O2/c13-12-6-10(16(17)18)4-3-9(12)8-15-5-1-2-11(15)7-14/h3-4,6,11H,1-2,5,7-8,14H2. The summed E-state index contributed by atoms with van der Waals surface area (Å²) in [7, 11) is 0. The van der Waals surface area contributed by atoms with Crippen LogP contribution < -0.4 is 5.73 Å². The lowest BCUT2D eigenvalue weighted by Gasteiger charge is -2.23. The van der Waals surface area contributed by atoms with Gasteiger partial charge in [0.05, 0.1) is 9.95 Å². The van der Waals surface area contributed by atoms with Crippen LogP contribution in [0.5, 0.6) is 0 Å². The number of benzene rings is 1. The Morgan fingerprint density at radius 3 is 2.94 bits per heavy atom. The summed E-state index contributed by atoms with van der Waals surface area (Å²) < 4.78 is 0. The monoisotopic (exact) mass is 269 g/mol. The largest absolute Gasteiger partial charge is 0.329 e. The molecule has 1 saturated heterocycles. The Hall–Kier alpha value is -1.17. The molecule has 0 spiro atoms. The highest BCUT2D eigenvalue weighted by Crippen LogP contribution is 2.26. The van der Waals surface area contributed by atoms with Crippen molar-refractivity contribution >= 4 is 17.3 Å². The highest BCUT2D eigenvalue weighted by atomic mass is 35.5. The van der Waals surface area contributed by atoms with Gasteiger partial charge in [-0.25, -0.2) is 0 Å². The van der Waals surface area contributed by atoms with E-state index in [1.807, 2.05) is 0 Å². The van der Waals surface area contributed by atoms with Gasteiger partial charge in [0.25, 0.3) is 5.69 Å². The number of likely N-dealkylation sites (tertiary alicyclic amines) is 1. The zero-order chi connectivity index (χ0) is 13.1. The highest BCUT2D eigenvalue weighted by molar-refractivity contribution is 6.31. The van der Waals surface area contributed by atoms with E-state index in [-0.39, 0.29) is 5.69 Å². The summed E-state index contributed by atoms with van der Waals surface area (Å²) in [6.07, 6.45) is 2.26.